The van der Waals surface area contributed by atoms with Gasteiger partial charge in [-0.1, -0.05) is 12.1 Å². The Kier molecular flexibility index (Phi) is 6.83. The van der Waals surface area contributed by atoms with Gasteiger partial charge in [0.05, 0.1) is 0 Å². The zero-order chi connectivity index (χ0) is 19.9. The Morgan fingerprint density at radius 1 is 1.11 bits per heavy atom. The van der Waals surface area contributed by atoms with Crippen LogP contribution in [-0.2, 0) is 9.53 Å². The Balaban J connectivity index is 1.82. The highest BCUT2D eigenvalue weighted by Gasteiger charge is 2.26. The van der Waals surface area contributed by atoms with Crippen LogP contribution in [0.5, 0.6) is 5.75 Å². The van der Waals surface area contributed by atoms with E-state index in [2.05, 4.69) is 0 Å². The van der Waals surface area contributed by atoms with Crippen LogP contribution in [-0.4, -0.2) is 60.2 Å². The van der Waals surface area contributed by atoms with Crippen molar-refractivity contribution in [1.29, 1.82) is 5.26 Å². The summed E-state index contributed by atoms with van der Waals surface area (Å²) in [4.78, 5) is 27.7. The molecular formula is C20H25N3O4. The molecule has 0 spiro atoms. The first-order chi connectivity index (χ1) is 12.8. The number of hydrogen-bond acceptors (Lipinski definition) is 5. The third-order valence-corrected chi connectivity index (χ3v) is 3.84. The van der Waals surface area contributed by atoms with E-state index in [9.17, 15) is 9.59 Å². The molecule has 27 heavy (non-hydrogen) atoms. The van der Waals surface area contributed by atoms with E-state index in [4.69, 9.17) is 14.7 Å². The lowest BCUT2D eigenvalue weighted by Gasteiger charge is -2.35. The first-order valence-corrected chi connectivity index (χ1v) is 8.83. The summed E-state index contributed by atoms with van der Waals surface area (Å²) in [6, 6.07) is 9.04. The molecule has 1 fully saturated rings. The van der Waals surface area contributed by atoms with E-state index in [-0.39, 0.29) is 18.6 Å². The average molecular weight is 371 g/mol. The summed E-state index contributed by atoms with van der Waals surface area (Å²) in [6.07, 6.45) is 2.91. The molecule has 0 unspecified atom stereocenters. The van der Waals surface area contributed by atoms with Gasteiger partial charge >= 0.3 is 6.09 Å². The summed E-state index contributed by atoms with van der Waals surface area (Å²) in [5.74, 6) is 0.516. The fourth-order valence-electron chi connectivity index (χ4n) is 2.50. The molecule has 0 N–H and O–H groups in total. The molecule has 0 aromatic heterocycles. The quantitative estimate of drug-likeness (QED) is 0.760. The zero-order valence-electron chi connectivity index (χ0n) is 16.0. The fraction of sp³-hybridized carbons (Fsp3) is 0.450. The van der Waals surface area contributed by atoms with Gasteiger partial charge in [-0.15, -0.1) is 0 Å². The molecule has 1 aliphatic rings. The van der Waals surface area contributed by atoms with Crippen molar-refractivity contribution in [3.8, 4) is 11.8 Å². The summed E-state index contributed by atoms with van der Waals surface area (Å²) in [7, 11) is 0. The second kappa shape index (κ2) is 9.08. The molecule has 144 valence electrons. The molecule has 0 bridgehead atoms. The number of piperazine rings is 1. The molecule has 1 heterocycles. The first kappa shape index (κ1) is 20.3. The minimum absolute atomic E-state index is 0.00292. The van der Waals surface area contributed by atoms with Crippen LogP contribution in [0.4, 0.5) is 4.79 Å². The predicted molar refractivity (Wildman–Crippen MR) is 101 cm³/mol. The van der Waals surface area contributed by atoms with Crippen LogP contribution < -0.4 is 4.74 Å². The fourth-order valence-corrected chi connectivity index (χ4v) is 2.50. The molecule has 0 atom stereocenters. The van der Waals surface area contributed by atoms with Gasteiger partial charge in [-0.3, -0.25) is 4.79 Å². The van der Waals surface area contributed by atoms with E-state index in [0.717, 1.165) is 5.56 Å². The Morgan fingerprint density at radius 2 is 1.70 bits per heavy atom. The van der Waals surface area contributed by atoms with Crippen molar-refractivity contribution in [3.63, 3.8) is 0 Å². The number of carbonyl (C=O) groups excluding carboxylic acids is 2. The molecule has 1 aliphatic heterocycles. The highest BCUT2D eigenvalue weighted by Crippen LogP contribution is 2.14. The Bertz CT molecular complexity index is 721. The zero-order valence-corrected chi connectivity index (χ0v) is 16.0. The van der Waals surface area contributed by atoms with Gasteiger partial charge in [0.25, 0.3) is 0 Å². The Morgan fingerprint density at radius 3 is 2.26 bits per heavy atom. The van der Waals surface area contributed by atoms with Crippen LogP contribution in [0.1, 0.15) is 26.3 Å². The second-order valence-corrected chi connectivity index (χ2v) is 7.14. The molecule has 7 heteroatoms. The summed E-state index contributed by atoms with van der Waals surface area (Å²) >= 11 is 0. The standard InChI is InChI=1S/C20H25N3O4/c1-20(2,3)27-19(25)23-13-11-22(12-14-23)18(24)9-6-16-4-7-17(8-5-16)26-15-10-21/h4-9H,11-15H2,1-3H3/b9-6+. The monoisotopic (exact) mass is 371 g/mol. The lowest BCUT2D eigenvalue weighted by Crippen LogP contribution is -2.51. The number of benzene rings is 1. The largest absolute Gasteiger partial charge is 0.479 e. The smallest absolute Gasteiger partial charge is 0.410 e. The molecule has 1 saturated heterocycles. The van der Waals surface area contributed by atoms with E-state index in [0.29, 0.717) is 31.9 Å². The van der Waals surface area contributed by atoms with Crippen molar-refractivity contribution in [2.24, 2.45) is 0 Å². The van der Waals surface area contributed by atoms with Crippen molar-refractivity contribution < 1.29 is 19.1 Å². The van der Waals surface area contributed by atoms with Crippen molar-refractivity contribution in [2.45, 2.75) is 26.4 Å². The SMILES string of the molecule is CC(C)(C)OC(=O)N1CCN(C(=O)/C=C/c2ccc(OCC#N)cc2)CC1. The van der Waals surface area contributed by atoms with E-state index >= 15 is 0 Å². The van der Waals surface area contributed by atoms with Gasteiger partial charge in [-0.2, -0.15) is 5.26 Å². The summed E-state index contributed by atoms with van der Waals surface area (Å²) in [5.41, 5.74) is 0.335. The predicted octanol–water partition coefficient (Wildman–Crippen LogP) is 2.68. The van der Waals surface area contributed by atoms with Crippen LogP contribution in [0.25, 0.3) is 6.08 Å². The van der Waals surface area contributed by atoms with Crippen LogP contribution in [0, 0.1) is 11.3 Å². The molecule has 2 rings (SSSR count). The highest BCUT2D eigenvalue weighted by atomic mass is 16.6. The lowest BCUT2D eigenvalue weighted by molar-refractivity contribution is -0.127. The summed E-state index contributed by atoms with van der Waals surface area (Å²) in [5, 5.41) is 8.49. The molecule has 0 radical (unpaired) electrons. The van der Waals surface area contributed by atoms with Crippen molar-refractivity contribution in [2.75, 3.05) is 32.8 Å². The highest BCUT2D eigenvalue weighted by molar-refractivity contribution is 5.92. The molecule has 0 aliphatic carbocycles. The molecule has 0 saturated carbocycles. The topological polar surface area (TPSA) is 82.9 Å². The third-order valence-electron chi connectivity index (χ3n) is 3.84. The second-order valence-electron chi connectivity index (χ2n) is 7.14. The number of nitriles is 1. The van der Waals surface area contributed by atoms with Gasteiger partial charge in [0.15, 0.2) is 6.61 Å². The molecule has 7 nitrogen and oxygen atoms in total. The summed E-state index contributed by atoms with van der Waals surface area (Å²) < 4.78 is 10.5. The lowest BCUT2D eigenvalue weighted by atomic mass is 10.2. The van der Waals surface area contributed by atoms with Gasteiger partial charge in [0.2, 0.25) is 5.91 Å². The van der Waals surface area contributed by atoms with E-state index in [1.807, 2.05) is 39.0 Å². The van der Waals surface area contributed by atoms with E-state index in [1.54, 1.807) is 28.0 Å². The molecular weight excluding hydrogens is 346 g/mol. The number of hydrogen-bond donors (Lipinski definition) is 0. The average Bonchev–Trinajstić information content (AvgIpc) is 2.64. The molecule has 1 aromatic rings. The van der Waals surface area contributed by atoms with Crippen molar-refractivity contribution in [3.05, 3.63) is 35.9 Å². The van der Waals surface area contributed by atoms with Crippen LogP contribution >= 0.6 is 0 Å². The van der Waals surface area contributed by atoms with Gasteiger partial charge in [-0.05, 0) is 44.5 Å². The minimum Gasteiger partial charge on any atom is -0.479 e. The van der Waals surface area contributed by atoms with Gasteiger partial charge < -0.3 is 19.3 Å². The van der Waals surface area contributed by atoms with Crippen molar-refractivity contribution in [1.82, 2.24) is 9.80 Å². The van der Waals surface area contributed by atoms with Gasteiger partial charge in [0.1, 0.15) is 17.4 Å². The maximum absolute atomic E-state index is 12.3. The Labute approximate surface area is 159 Å². The number of amides is 2. The van der Waals surface area contributed by atoms with Gasteiger partial charge in [0, 0.05) is 32.3 Å². The summed E-state index contributed by atoms with van der Waals surface area (Å²) in [6.45, 7) is 7.36. The van der Waals surface area contributed by atoms with Crippen molar-refractivity contribution >= 4 is 18.1 Å². The maximum atomic E-state index is 12.3. The first-order valence-electron chi connectivity index (χ1n) is 8.83. The number of rotatable bonds is 4. The number of nitrogens with zero attached hydrogens (tertiary/aromatic N) is 3. The van der Waals surface area contributed by atoms with Crippen LogP contribution in [0.2, 0.25) is 0 Å². The molecule has 1 aromatic carbocycles. The third kappa shape index (κ3) is 6.66. The number of carbonyl (C=O) groups is 2. The van der Waals surface area contributed by atoms with Crippen LogP contribution in [0.15, 0.2) is 30.3 Å². The Hall–Kier alpha value is -3.01. The molecule has 2 amide bonds. The van der Waals surface area contributed by atoms with Gasteiger partial charge in [-0.25, -0.2) is 4.79 Å². The normalized spacial score (nSPS) is 14.7. The van der Waals surface area contributed by atoms with Crippen LogP contribution in [0.3, 0.4) is 0 Å². The number of ether oxygens (including phenoxy) is 2. The van der Waals surface area contributed by atoms with E-state index in [1.165, 1.54) is 6.08 Å². The minimum atomic E-state index is -0.526. The van der Waals surface area contributed by atoms with E-state index < -0.39 is 5.60 Å². The maximum Gasteiger partial charge on any atom is 0.410 e.